The van der Waals surface area contributed by atoms with E-state index in [2.05, 4.69) is 21.1 Å². The minimum Gasteiger partial charge on any atom is -1.00 e. The number of hydrogen-bond donors (Lipinski definition) is 0. The van der Waals surface area contributed by atoms with Crippen LogP contribution in [0.15, 0.2) is 0 Å². The van der Waals surface area contributed by atoms with E-state index >= 15 is 0 Å². The van der Waals surface area contributed by atoms with Gasteiger partial charge in [-0.3, -0.25) is 0 Å². The molecule has 0 aromatic rings. The number of hydrogen-bond acceptors (Lipinski definition) is 1. The lowest BCUT2D eigenvalue weighted by Gasteiger charge is -2.26. The van der Waals surface area contributed by atoms with Gasteiger partial charge in [-0.05, 0) is 6.42 Å². The normalized spacial score (nSPS) is 24.8. The molecule has 1 saturated heterocycles. The lowest BCUT2D eigenvalue weighted by atomic mass is 10.1. The maximum atomic E-state index is 5.29. The monoisotopic (exact) mass is 271 g/mol. The predicted octanol–water partition coefficient (Wildman–Crippen LogP) is -2.27. The first-order valence-corrected chi connectivity index (χ1v) is 3.96. The third-order valence-electron chi connectivity index (χ3n) is 1.83. The average molecular weight is 271 g/mol. The van der Waals surface area contributed by atoms with Gasteiger partial charge in [0.2, 0.25) is 0 Å². The Bertz CT molecular complexity index is 105. The highest BCUT2D eigenvalue weighted by molar-refractivity contribution is 4.62. The maximum Gasteiger partial charge on any atom is 0.0832 e. The topological polar surface area (TPSA) is 9.23 Å². The molecule has 0 spiro atoms. The van der Waals surface area contributed by atoms with E-state index in [-0.39, 0.29) is 24.0 Å². The summed E-state index contributed by atoms with van der Waals surface area (Å²) in [7, 11) is 6.70. The number of ether oxygens (including phenoxy) is 1. The van der Waals surface area contributed by atoms with Crippen molar-refractivity contribution in [1.82, 2.24) is 0 Å². The highest BCUT2D eigenvalue weighted by Gasteiger charge is 2.21. The van der Waals surface area contributed by atoms with E-state index in [1.54, 1.807) is 0 Å². The van der Waals surface area contributed by atoms with Crippen molar-refractivity contribution >= 4 is 0 Å². The molecule has 1 fully saturated rings. The lowest BCUT2D eigenvalue weighted by molar-refractivity contribution is -0.873. The van der Waals surface area contributed by atoms with E-state index in [9.17, 15) is 0 Å². The second kappa shape index (κ2) is 4.62. The van der Waals surface area contributed by atoms with Gasteiger partial charge in [0, 0.05) is 12.5 Å². The first-order valence-electron chi connectivity index (χ1n) is 3.96. The van der Waals surface area contributed by atoms with E-state index in [1.165, 1.54) is 13.0 Å². The Kier molecular flexibility index (Phi) is 4.89. The average Bonchev–Trinajstić information content (AvgIpc) is 2.12. The van der Waals surface area contributed by atoms with Gasteiger partial charge >= 0.3 is 0 Å². The smallest absolute Gasteiger partial charge is 0.0832 e. The molecule has 1 aliphatic rings. The second-order valence-electron chi connectivity index (χ2n) is 4.20. The molecule has 11 heavy (non-hydrogen) atoms. The van der Waals surface area contributed by atoms with Crippen molar-refractivity contribution in [2.45, 2.75) is 6.42 Å². The zero-order valence-corrected chi connectivity index (χ0v) is 9.80. The largest absolute Gasteiger partial charge is 1.00 e. The van der Waals surface area contributed by atoms with Crippen LogP contribution < -0.4 is 24.0 Å². The van der Waals surface area contributed by atoms with Crippen molar-refractivity contribution in [1.29, 1.82) is 0 Å². The molecule has 0 amide bonds. The van der Waals surface area contributed by atoms with Crippen LogP contribution in [0.4, 0.5) is 0 Å². The van der Waals surface area contributed by atoms with E-state index in [1.807, 2.05) is 0 Å². The van der Waals surface area contributed by atoms with Crippen molar-refractivity contribution in [3.05, 3.63) is 0 Å². The molecule has 68 valence electrons. The summed E-state index contributed by atoms with van der Waals surface area (Å²) in [6.07, 6.45) is 1.26. The molecule has 1 aliphatic heterocycles. The summed E-state index contributed by atoms with van der Waals surface area (Å²) in [6, 6.07) is 0. The summed E-state index contributed by atoms with van der Waals surface area (Å²) in [4.78, 5) is 0. The molecule has 1 rings (SSSR count). The van der Waals surface area contributed by atoms with Crippen molar-refractivity contribution in [2.75, 3.05) is 40.9 Å². The standard InChI is InChI=1S/C8H18NO.HI/c1-9(2,3)6-8-4-5-10-7-8;/h8H,4-7H2,1-3H3;1H/q+1;/p-1. The summed E-state index contributed by atoms with van der Waals surface area (Å²) in [5, 5.41) is 0. The summed E-state index contributed by atoms with van der Waals surface area (Å²) in [5.74, 6) is 0.806. The van der Waals surface area contributed by atoms with Crippen molar-refractivity contribution in [2.24, 2.45) is 5.92 Å². The fourth-order valence-corrected chi connectivity index (χ4v) is 1.50. The van der Waals surface area contributed by atoms with Crippen molar-refractivity contribution < 1.29 is 33.2 Å². The van der Waals surface area contributed by atoms with E-state index in [0.717, 1.165) is 23.6 Å². The molecule has 1 heterocycles. The van der Waals surface area contributed by atoms with Gasteiger partial charge in [0.25, 0.3) is 0 Å². The van der Waals surface area contributed by atoms with E-state index in [0.29, 0.717) is 0 Å². The molecule has 1 atom stereocenters. The van der Waals surface area contributed by atoms with E-state index in [4.69, 9.17) is 4.74 Å². The molecular weight excluding hydrogens is 253 g/mol. The van der Waals surface area contributed by atoms with Gasteiger partial charge in [0.1, 0.15) is 0 Å². The van der Waals surface area contributed by atoms with Gasteiger partial charge in [0.05, 0.1) is 34.3 Å². The molecule has 1 unspecified atom stereocenters. The quantitative estimate of drug-likeness (QED) is 0.407. The number of halogens is 1. The Hall–Kier alpha value is 0.650. The summed E-state index contributed by atoms with van der Waals surface area (Å²) < 4.78 is 6.36. The molecule has 3 heteroatoms. The Morgan fingerprint density at radius 1 is 1.36 bits per heavy atom. The number of nitrogens with zero attached hydrogens (tertiary/aromatic N) is 1. The SMILES string of the molecule is C[N+](C)(C)CC1CCOC1.[I-]. The molecule has 0 saturated carbocycles. The molecule has 2 nitrogen and oxygen atoms in total. The van der Waals surface area contributed by atoms with Crippen molar-refractivity contribution in [3.8, 4) is 0 Å². The van der Waals surface area contributed by atoms with Gasteiger partial charge in [0.15, 0.2) is 0 Å². The van der Waals surface area contributed by atoms with Gasteiger partial charge in [-0.1, -0.05) is 0 Å². The molecule has 0 bridgehead atoms. The van der Waals surface area contributed by atoms with Crippen LogP contribution in [0.25, 0.3) is 0 Å². The highest BCUT2D eigenvalue weighted by Crippen LogP contribution is 2.14. The van der Waals surface area contributed by atoms with E-state index < -0.39 is 0 Å². The van der Waals surface area contributed by atoms with Crippen LogP contribution in [0, 0.1) is 5.92 Å². The Morgan fingerprint density at radius 2 is 2.00 bits per heavy atom. The first-order chi connectivity index (χ1) is 4.58. The minimum absolute atomic E-state index is 0. The molecule has 0 aromatic carbocycles. The van der Waals surface area contributed by atoms with Gasteiger partial charge in [-0.15, -0.1) is 0 Å². The fraction of sp³-hybridized carbons (Fsp3) is 1.00. The third-order valence-corrected chi connectivity index (χ3v) is 1.83. The molecule has 0 radical (unpaired) electrons. The third kappa shape index (κ3) is 4.98. The fourth-order valence-electron chi connectivity index (χ4n) is 1.50. The second-order valence-corrected chi connectivity index (χ2v) is 4.20. The first kappa shape index (κ1) is 11.6. The number of rotatable bonds is 2. The summed E-state index contributed by atoms with van der Waals surface area (Å²) >= 11 is 0. The maximum absolute atomic E-state index is 5.29. The Morgan fingerprint density at radius 3 is 2.36 bits per heavy atom. The van der Waals surface area contributed by atoms with Gasteiger partial charge in [-0.25, -0.2) is 0 Å². The van der Waals surface area contributed by atoms with Crippen LogP contribution in [0.3, 0.4) is 0 Å². The minimum atomic E-state index is 0. The summed E-state index contributed by atoms with van der Waals surface area (Å²) in [6.45, 7) is 3.21. The van der Waals surface area contributed by atoms with Crippen LogP contribution >= 0.6 is 0 Å². The van der Waals surface area contributed by atoms with Crippen molar-refractivity contribution in [3.63, 3.8) is 0 Å². The number of quaternary nitrogens is 1. The van der Waals surface area contributed by atoms with Crippen LogP contribution in [-0.4, -0.2) is 45.4 Å². The summed E-state index contributed by atoms with van der Waals surface area (Å²) in [5.41, 5.74) is 0. The van der Waals surface area contributed by atoms with Crippen LogP contribution in [0.5, 0.6) is 0 Å². The Labute approximate surface area is 86.5 Å². The predicted molar refractivity (Wildman–Crippen MR) is 41.8 cm³/mol. The molecule has 0 N–H and O–H groups in total. The van der Waals surface area contributed by atoms with Gasteiger partial charge < -0.3 is 33.2 Å². The molecule has 0 aliphatic carbocycles. The zero-order valence-electron chi connectivity index (χ0n) is 7.64. The van der Waals surface area contributed by atoms with Crippen LogP contribution in [0.2, 0.25) is 0 Å². The molecular formula is C8H18INO. The lowest BCUT2D eigenvalue weighted by Crippen LogP contribution is -3.00. The Balaban J connectivity index is 0.000001000. The molecule has 0 aromatic heterocycles. The highest BCUT2D eigenvalue weighted by atomic mass is 127. The van der Waals surface area contributed by atoms with Gasteiger partial charge in [-0.2, -0.15) is 0 Å². The zero-order chi connectivity index (χ0) is 7.61. The van der Waals surface area contributed by atoms with Crippen LogP contribution in [0.1, 0.15) is 6.42 Å². The van der Waals surface area contributed by atoms with Crippen LogP contribution in [-0.2, 0) is 4.74 Å².